The molecule has 144 valence electrons. The highest BCUT2D eigenvalue weighted by atomic mass is 16.3. The Morgan fingerprint density at radius 3 is 1.68 bits per heavy atom. The molecular formula is C23H40O2. The lowest BCUT2D eigenvalue weighted by Gasteiger charge is -2.44. The molecule has 1 N–H and O–H groups in total. The fourth-order valence-corrected chi connectivity index (χ4v) is 3.83. The molecule has 2 unspecified atom stereocenters. The molecule has 0 saturated heterocycles. The van der Waals surface area contributed by atoms with Crippen molar-refractivity contribution >= 4 is 5.78 Å². The Morgan fingerprint density at radius 1 is 0.880 bits per heavy atom. The summed E-state index contributed by atoms with van der Waals surface area (Å²) >= 11 is 0. The van der Waals surface area contributed by atoms with E-state index in [0.717, 1.165) is 38.5 Å². The molecular weight excluding hydrogens is 308 g/mol. The number of hydrogen-bond donors (Lipinski definition) is 1. The van der Waals surface area contributed by atoms with Crippen LogP contribution in [0, 0.1) is 10.8 Å². The number of Topliss-reactive ketones (excluding diaryl/α,β-unsaturated/α-hetero) is 1. The van der Waals surface area contributed by atoms with E-state index in [1.807, 2.05) is 13.8 Å². The molecule has 2 aliphatic carbocycles. The van der Waals surface area contributed by atoms with Crippen LogP contribution in [0.2, 0.25) is 0 Å². The summed E-state index contributed by atoms with van der Waals surface area (Å²) in [5.41, 5.74) is 5.32. The van der Waals surface area contributed by atoms with Crippen LogP contribution in [0.15, 0.2) is 22.3 Å². The van der Waals surface area contributed by atoms with Crippen molar-refractivity contribution in [1.29, 1.82) is 0 Å². The van der Waals surface area contributed by atoms with Gasteiger partial charge in [-0.3, -0.25) is 4.79 Å². The van der Waals surface area contributed by atoms with Crippen LogP contribution in [-0.4, -0.2) is 16.5 Å². The molecule has 0 amide bonds. The smallest absolute Gasteiger partial charge is 0.136 e. The zero-order chi connectivity index (χ0) is 19.6. The lowest BCUT2D eigenvalue weighted by molar-refractivity contribution is -0.126. The lowest BCUT2D eigenvalue weighted by Crippen LogP contribution is -2.42. The van der Waals surface area contributed by atoms with Gasteiger partial charge in [0.25, 0.3) is 0 Å². The molecule has 0 fully saturated rings. The van der Waals surface area contributed by atoms with Gasteiger partial charge >= 0.3 is 0 Å². The maximum absolute atomic E-state index is 11.4. The fourth-order valence-electron chi connectivity index (χ4n) is 3.83. The molecule has 25 heavy (non-hydrogen) atoms. The first kappa shape index (κ1) is 22.2. The molecule has 0 aromatic carbocycles. The highest BCUT2D eigenvalue weighted by molar-refractivity contribution is 5.82. The molecule has 2 rings (SSSR count). The van der Waals surface area contributed by atoms with E-state index in [0.29, 0.717) is 5.78 Å². The molecule has 2 nitrogen and oxygen atoms in total. The molecule has 0 saturated carbocycles. The van der Waals surface area contributed by atoms with Crippen LogP contribution < -0.4 is 0 Å². The van der Waals surface area contributed by atoms with Crippen molar-refractivity contribution in [2.24, 2.45) is 10.8 Å². The summed E-state index contributed by atoms with van der Waals surface area (Å²) in [5.74, 6) is 0.342. The van der Waals surface area contributed by atoms with Crippen LogP contribution in [0.5, 0.6) is 0 Å². The molecule has 2 atom stereocenters. The minimum absolute atomic E-state index is 0.0659. The summed E-state index contributed by atoms with van der Waals surface area (Å²) in [6, 6.07) is 0. The van der Waals surface area contributed by atoms with Gasteiger partial charge in [-0.2, -0.15) is 0 Å². The summed E-state index contributed by atoms with van der Waals surface area (Å²) in [4.78, 5) is 11.4. The van der Waals surface area contributed by atoms with Gasteiger partial charge in [-0.15, -0.1) is 0 Å². The second-order valence-electron chi connectivity index (χ2n) is 9.71. The standard InChI is InChI=1S/C12H22O.C11H18O/c1-9-6-7-12(5,8-10(9)2)11(3,4)13;1-8-5-6-11(4,10(3)12)7-9(8)2/h13H,6-8H2,1-5H3;5-7H2,1-4H3. The van der Waals surface area contributed by atoms with Crippen molar-refractivity contribution in [3.05, 3.63) is 22.3 Å². The van der Waals surface area contributed by atoms with E-state index in [9.17, 15) is 9.90 Å². The Hall–Kier alpha value is -0.890. The minimum Gasteiger partial charge on any atom is -0.390 e. The fraction of sp³-hybridized carbons (Fsp3) is 0.783. The van der Waals surface area contributed by atoms with Gasteiger partial charge < -0.3 is 5.11 Å². The monoisotopic (exact) mass is 348 g/mol. The van der Waals surface area contributed by atoms with Gasteiger partial charge in [0, 0.05) is 5.41 Å². The number of hydrogen-bond acceptors (Lipinski definition) is 2. The normalized spacial score (nSPS) is 30.8. The van der Waals surface area contributed by atoms with Gasteiger partial charge in [-0.25, -0.2) is 0 Å². The third-order valence-corrected chi connectivity index (χ3v) is 7.20. The van der Waals surface area contributed by atoms with Crippen LogP contribution in [0.25, 0.3) is 0 Å². The highest BCUT2D eigenvalue weighted by Crippen LogP contribution is 2.46. The summed E-state index contributed by atoms with van der Waals surface area (Å²) < 4.78 is 0. The van der Waals surface area contributed by atoms with E-state index in [-0.39, 0.29) is 10.8 Å². The van der Waals surface area contributed by atoms with Crippen LogP contribution in [0.3, 0.4) is 0 Å². The van der Waals surface area contributed by atoms with Gasteiger partial charge in [-0.05, 0) is 92.4 Å². The van der Waals surface area contributed by atoms with Gasteiger partial charge in [-0.1, -0.05) is 36.1 Å². The summed E-state index contributed by atoms with van der Waals surface area (Å²) in [6.45, 7) is 18.6. The van der Waals surface area contributed by atoms with E-state index >= 15 is 0 Å². The predicted octanol–water partition coefficient (Wildman–Crippen LogP) is 6.39. The van der Waals surface area contributed by atoms with Crippen molar-refractivity contribution in [1.82, 2.24) is 0 Å². The van der Waals surface area contributed by atoms with E-state index in [4.69, 9.17) is 0 Å². The Balaban J connectivity index is 0.000000251. The van der Waals surface area contributed by atoms with Crippen molar-refractivity contribution in [3.8, 4) is 0 Å². The first-order valence-electron chi connectivity index (χ1n) is 9.76. The van der Waals surface area contributed by atoms with E-state index in [1.54, 1.807) is 6.92 Å². The lowest BCUT2D eigenvalue weighted by atomic mass is 9.65. The first-order chi connectivity index (χ1) is 11.2. The molecule has 2 aliphatic rings. The maximum atomic E-state index is 11.4. The van der Waals surface area contributed by atoms with E-state index in [1.165, 1.54) is 22.3 Å². The summed E-state index contributed by atoms with van der Waals surface area (Å²) in [5, 5.41) is 10.1. The van der Waals surface area contributed by atoms with Crippen LogP contribution in [0.1, 0.15) is 101 Å². The SMILES string of the molecule is CC(=O)C1(C)CCC(C)=C(C)C1.CC1=C(C)CC(C)(C(C)(C)O)CC1. The molecule has 2 heteroatoms. The maximum Gasteiger partial charge on any atom is 0.136 e. The van der Waals surface area contributed by atoms with Crippen molar-refractivity contribution in [2.75, 3.05) is 0 Å². The molecule has 0 aliphatic heterocycles. The highest BCUT2D eigenvalue weighted by Gasteiger charge is 2.41. The summed E-state index contributed by atoms with van der Waals surface area (Å²) in [6.07, 6.45) is 6.40. The number of aliphatic hydroxyl groups is 1. The van der Waals surface area contributed by atoms with Crippen LogP contribution >= 0.6 is 0 Å². The average Bonchev–Trinajstić information content (AvgIpc) is 2.47. The topological polar surface area (TPSA) is 37.3 Å². The van der Waals surface area contributed by atoms with E-state index < -0.39 is 5.60 Å². The van der Waals surface area contributed by atoms with Crippen LogP contribution in [-0.2, 0) is 4.79 Å². The molecule has 0 radical (unpaired) electrons. The number of allylic oxidation sites excluding steroid dienone is 4. The second-order valence-corrected chi connectivity index (χ2v) is 9.71. The van der Waals surface area contributed by atoms with Gasteiger partial charge in [0.1, 0.15) is 5.78 Å². The van der Waals surface area contributed by atoms with Crippen molar-refractivity contribution in [2.45, 2.75) is 106 Å². The van der Waals surface area contributed by atoms with Crippen molar-refractivity contribution < 1.29 is 9.90 Å². The molecule has 0 spiro atoms. The number of rotatable bonds is 2. The number of carbonyl (C=O) groups excluding carboxylic acids is 1. The summed E-state index contributed by atoms with van der Waals surface area (Å²) in [7, 11) is 0. The van der Waals surface area contributed by atoms with Gasteiger partial charge in [0.05, 0.1) is 5.60 Å². The van der Waals surface area contributed by atoms with Crippen LogP contribution in [0.4, 0.5) is 0 Å². The molecule has 0 aromatic heterocycles. The van der Waals surface area contributed by atoms with E-state index in [2.05, 4.69) is 41.5 Å². The quantitative estimate of drug-likeness (QED) is 0.587. The Morgan fingerprint density at radius 2 is 1.32 bits per heavy atom. The third kappa shape index (κ3) is 5.29. The largest absolute Gasteiger partial charge is 0.390 e. The van der Waals surface area contributed by atoms with Gasteiger partial charge in [0.2, 0.25) is 0 Å². The molecule has 0 heterocycles. The molecule has 0 aromatic rings. The zero-order valence-corrected chi connectivity index (χ0v) is 18.1. The minimum atomic E-state index is -0.561. The average molecular weight is 349 g/mol. The molecule has 0 bridgehead atoms. The predicted molar refractivity (Wildman–Crippen MR) is 108 cm³/mol. The zero-order valence-electron chi connectivity index (χ0n) is 18.1. The Labute approximate surface area is 155 Å². The van der Waals surface area contributed by atoms with Crippen molar-refractivity contribution in [3.63, 3.8) is 0 Å². The van der Waals surface area contributed by atoms with Gasteiger partial charge in [0.15, 0.2) is 0 Å². The third-order valence-electron chi connectivity index (χ3n) is 7.20. The first-order valence-corrected chi connectivity index (χ1v) is 9.76. The Bertz CT molecular complexity index is 573. The Kier molecular flexibility index (Phi) is 6.89. The number of carbonyl (C=O) groups is 1. The second kappa shape index (κ2) is 7.78. The number of ketones is 1.